The maximum absolute atomic E-state index is 10.4. The van der Waals surface area contributed by atoms with Crippen molar-refractivity contribution in [1.29, 1.82) is 0 Å². The minimum absolute atomic E-state index is 0.510. The summed E-state index contributed by atoms with van der Waals surface area (Å²) in [5, 5.41) is 15.1. The van der Waals surface area contributed by atoms with Crippen molar-refractivity contribution in [2.75, 3.05) is 0 Å². The first kappa shape index (κ1) is 14.6. The number of hydrogen-bond acceptors (Lipinski definition) is 2. The molecule has 19 heavy (non-hydrogen) atoms. The van der Waals surface area contributed by atoms with Crippen LogP contribution >= 0.6 is 27.5 Å². The lowest BCUT2D eigenvalue weighted by molar-refractivity contribution is 0.166. The number of halogens is 2. The molecule has 0 fully saturated rings. The third-order valence-corrected chi connectivity index (χ3v) is 4.02. The maximum atomic E-state index is 10.4. The van der Waals surface area contributed by atoms with E-state index in [1.807, 2.05) is 24.3 Å². The fourth-order valence-corrected chi connectivity index (χ4v) is 2.78. The van der Waals surface area contributed by atoms with Crippen LogP contribution in [0.1, 0.15) is 30.7 Å². The van der Waals surface area contributed by atoms with E-state index in [1.54, 1.807) is 10.9 Å². The van der Waals surface area contributed by atoms with Gasteiger partial charge in [-0.2, -0.15) is 5.10 Å². The second-order valence-electron chi connectivity index (χ2n) is 4.41. The van der Waals surface area contributed by atoms with Gasteiger partial charge in [0.15, 0.2) is 0 Å². The topological polar surface area (TPSA) is 38.0 Å². The van der Waals surface area contributed by atoms with Crippen LogP contribution in [0.25, 0.3) is 0 Å². The van der Waals surface area contributed by atoms with Crippen LogP contribution in [0.3, 0.4) is 0 Å². The van der Waals surface area contributed by atoms with Crippen molar-refractivity contribution in [2.24, 2.45) is 0 Å². The predicted octanol–water partition coefficient (Wildman–Crippen LogP) is 3.99. The number of hydrogen-bond donors (Lipinski definition) is 1. The summed E-state index contributed by atoms with van der Waals surface area (Å²) in [7, 11) is 0. The van der Waals surface area contributed by atoms with Gasteiger partial charge in [-0.25, -0.2) is 0 Å². The van der Waals surface area contributed by atoms with E-state index in [9.17, 15) is 5.11 Å². The standard InChI is InChI=1S/C14H16BrClN2O/c1-2-7-18-14(12(16)9-17-18)13(19)8-10-5-3-4-6-11(10)15/h3-6,9,13,19H,2,7-8H2,1H3. The number of rotatable bonds is 5. The van der Waals surface area contributed by atoms with Crippen LogP contribution in [-0.4, -0.2) is 14.9 Å². The van der Waals surface area contributed by atoms with Crippen LogP contribution in [0.15, 0.2) is 34.9 Å². The lowest BCUT2D eigenvalue weighted by atomic mass is 10.1. The molecule has 0 saturated heterocycles. The van der Waals surface area contributed by atoms with Gasteiger partial charge in [0.1, 0.15) is 6.10 Å². The van der Waals surface area contributed by atoms with E-state index in [4.69, 9.17) is 11.6 Å². The molecule has 0 aliphatic rings. The first-order valence-electron chi connectivity index (χ1n) is 6.26. The largest absolute Gasteiger partial charge is 0.386 e. The molecule has 102 valence electrons. The minimum Gasteiger partial charge on any atom is -0.386 e. The van der Waals surface area contributed by atoms with Gasteiger partial charge in [0.25, 0.3) is 0 Å². The highest BCUT2D eigenvalue weighted by molar-refractivity contribution is 9.10. The minimum atomic E-state index is -0.653. The Balaban J connectivity index is 2.22. The Morgan fingerprint density at radius 2 is 2.16 bits per heavy atom. The third-order valence-electron chi connectivity index (χ3n) is 2.96. The van der Waals surface area contributed by atoms with Crippen LogP contribution < -0.4 is 0 Å². The van der Waals surface area contributed by atoms with E-state index in [0.717, 1.165) is 23.0 Å². The molecule has 1 aromatic carbocycles. The van der Waals surface area contributed by atoms with E-state index in [-0.39, 0.29) is 0 Å². The van der Waals surface area contributed by atoms with Gasteiger partial charge in [0.2, 0.25) is 0 Å². The Hall–Kier alpha value is -0.840. The Labute approximate surface area is 126 Å². The van der Waals surface area contributed by atoms with Crippen molar-refractivity contribution < 1.29 is 5.11 Å². The van der Waals surface area contributed by atoms with Gasteiger partial charge < -0.3 is 5.11 Å². The van der Waals surface area contributed by atoms with Gasteiger partial charge in [-0.1, -0.05) is 52.7 Å². The van der Waals surface area contributed by atoms with Gasteiger partial charge in [0, 0.05) is 17.4 Å². The van der Waals surface area contributed by atoms with Crippen LogP contribution in [0.2, 0.25) is 5.02 Å². The highest BCUT2D eigenvalue weighted by Crippen LogP contribution is 2.28. The van der Waals surface area contributed by atoms with Crippen LogP contribution in [0, 0.1) is 0 Å². The first-order chi connectivity index (χ1) is 9.13. The van der Waals surface area contributed by atoms with Crippen molar-refractivity contribution in [3.63, 3.8) is 0 Å². The van der Waals surface area contributed by atoms with Gasteiger partial charge in [-0.05, 0) is 18.1 Å². The summed E-state index contributed by atoms with van der Waals surface area (Å²) in [4.78, 5) is 0. The monoisotopic (exact) mass is 342 g/mol. The summed E-state index contributed by atoms with van der Waals surface area (Å²) < 4.78 is 2.77. The zero-order valence-corrected chi connectivity index (χ0v) is 13.0. The first-order valence-corrected chi connectivity index (χ1v) is 7.43. The number of aryl methyl sites for hydroxylation is 1. The van der Waals surface area contributed by atoms with Crippen molar-refractivity contribution in [2.45, 2.75) is 32.4 Å². The summed E-state index contributed by atoms with van der Waals surface area (Å²) >= 11 is 9.62. The molecule has 1 aromatic heterocycles. The summed E-state index contributed by atoms with van der Waals surface area (Å²) in [6.07, 6.45) is 2.40. The van der Waals surface area contributed by atoms with E-state index >= 15 is 0 Å². The van der Waals surface area contributed by atoms with E-state index in [2.05, 4.69) is 28.0 Å². The van der Waals surface area contributed by atoms with Gasteiger partial charge in [-0.15, -0.1) is 0 Å². The maximum Gasteiger partial charge on any atom is 0.101 e. The highest BCUT2D eigenvalue weighted by atomic mass is 79.9. The Bertz CT molecular complexity index is 556. The molecule has 0 spiro atoms. The van der Waals surface area contributed by atoms with Crippen molar-refractivity contribution in [3.05, 3.63) is 51.2 Å². The lowest BCUT2D eigenvalue weighted by Gasteiger charge is -2.14. The molecule has 0 radical (unpaired) electrons. The molecule has 1 heterocycles. The van der Waals surface area contributed by atoms with E-state index < -0.39 is 6.10 Å². The molecule has 0 aliphatic carbocycles. The molecule has 2 aromatic rings. The fraction of sp³-hybridized carbons (Fsp3) is 0.357. The average molecular weight is 344 g/mol. The third kappa shape index (κ3) is 3.38. The molecule has 1 atom stereocenters. The second kappa shape index (κ2) is 6.55. The van der Waals surface area contributed by atoms with Crippen molar-refractivity contribution in [3.8, 4) is 0 Å². The molecule has 2 rings (SSSR count). The molecule has 0 aliphatic heterocycles. The van der Waals surface area contributed by atoms with Crippen molar-refractivity contribution >= 4 is 27.5 Å². The highest BCUT2D eigenvalue weighted by Gasteiger charge is 2.19. The molecule has 5 heteroatoms. The molecule has 1 unspecified atom stereocenters. The van der Waals surface area contributed by atoms with Crippen LogP contribution in [0.4, 0.5) is 0 Å². The Morgan fingerprint density at radius 3 is 2.84 bits per heavy atom. The Kier molecular flexibility index (Phi) is 5.02. The van der Waals surface area contributed by atoms with Crippen LogP contribution in [0.5, 0.6) is 0 Å². The van der Waals surface area contributed by atoms with Gasteiger partial charge in [-0.3, -0.25) is 4.68 Å². The normalized spacial score (nSPS) is 12.6. The van der Waals surface area contributed by atoms with E-state index in [0.29, 0.717) is 17.1 Å². The number of benzene rings is 1. The molecule has 0 amide bonds. The summed E-state index contributed by atoms with van der Waals surface area (Å²) in [6, 6.07) is 7.86. The lowest BCUT2D eigenvalue weighted by Crippen LogP contribution is -2.11. The molecular weight excluding hydrogens is 328 g/mol. The fourth-order valence-electron chi connectivity index (χ4n) is 2.06. The SMILES string of the molecule is CCCn1ncc(Cl)c1C(O)Cc1ccccc1Br. The van der Waals surface area contributed by atoms with Crippen LogP contribution in [-0.2, 0) is 13.0 Å². The predicted molar refractivity (Wildman–Crippen MR) is 80.3 cm³/mol. The number of aliphatic hydroxyl groups is 1. The number of aromatic nitrogens is 2. The Morgan fingerprint density at radius 1 is 1.42 bits per heavy atom. The van der Waals surface area contributed by atoms with Crippen molar-refractivity contribution in [1.82, 2.24) is 9.78 Å². The molecule has 1 N–H and O–H groups in total. The summed E-state index contributed by atoms with van der Waals surface area (Å²) in [6.45, 7) is 2.83. The molecule has 0 saturated carbocycles. The molecule has 3 nitrogen and oxygen atoms in total. The average Bonchev–Trinajstić information content (AvgIpc) is 2.74. The zero-order valence-electron chi connectivity index (χ0n) is 10.7. The van der Waals surface area contributed by atoms with Gasteiger partial charge >= 0.3 is 0 Å². The van der Waals surface area contributed by atoms with E-state index in [1.165, 1.54) is 0 Å². The molecule has 0 bridgehead atoms. The zero-order chi connectivity index (χ0) is 13.8. The summed E-state index contributed by atoms with van der Waals surface area (Å²) in [5.74, 6) is 0. The second-order valence-corrected chi connectivity index (χ2v) is 5.67. The number of aliphatic hydroxyl groups excluding tert-OH is 1. The molecular formula is C14H16BrClN2O. The summed E-state index contributed by atoms with van der Waals surface area (Å²) in [5.41, 5.74) is 1.74. The smallest absolute Gasteiger partial charge is 0.101 e. The number of nitrogens with zero attached hydrogens (tertiary/aromatic N) is 2. The quantitative estimate of drug-likeness (QED) is 0.891. The van der Waals surface area contributed by atoms with Gasteiger partial charge in [0.05, 0.1) is 16.9 Å².